The van der Waals surface area contributed by atoms with Crippen LogP contribution in [0.2, 0.25) is 0 Å². The van der Waals surface area contributed by atoms with Crippen LogP contribution in [0.5, 0.6) is 5.75 Å². The van der Waals surface area contributed by atoms with Crippen molar-refractivity contribution >= 4 is 30.6 Å². The molecule has 0 amide bonds. The molecule has 0 aliphatic carbocycles. The minimum absolute atomic E-state index is 0.212. The predicted octanol–water partition coefficient (Wildman–Crippen LogP) is 3.47. The Hall–Kier alpha value is -3.71. The second kappa shape index (κ2) is 11.8. The summed E-state index contributed by atoms with van der Waals surface area (Å²) in [7, 11) is -4.25. The molecule has 40 heavy (non-hydrogen) atoms. The number of fused-ring (bicyclic) bond motifs is 1. The second-order valence-corrected chi connectivity index (χ2v) is 11.3. The van der Waals surface area contributed by atoms with E-state index in [4.69, 9.17) is 24.3 Å². The van der Waals surface area contributed by atoms with Gasteiger partial charge in [0, 0.05) is 11.1 Å². The average Bonchev–Trinajstić information content (AvgIpc) is 3.43. The molecular weight excluding hydrogens is 543 g/mol. The van der Waals surface area contributed by atoms with Crippen LogP contribution < -0.4 is 15.3 Å². The number of nitrogens with two attached hydrogens (primary N) is 1. The fourth-order valence-corrected chi connectivity index (χ4v) is 5.77. The van der Waals surface area contributed by atoms with Crippen molar-refractivity contribution in [2.45, 2.75) is 63.8 Å². The number of aliphatic hydroxyl groups is 1. The van der Waals surface area contributed by atoms with Gasteiger partial charge in [0.05, 0.1) is 24.2 Å². The summed E-state index contributed by atoms with van der Waals surface area (Å²) < 4.78 is 38.0. The van der Waals surface area contributed by atoms with Crippen LogP contribution in [-0.4, -0.2) is 62.1 Å². The summed E-state index contributed by atoms with van der Waals surface area (Å²) in [6.07, 6.45) is -1.08. The molecule has 0 spiro atoms. The number of para-hydroxylation sites is 1. The Morgan fingerprint density at radius 3 is 2.73 bits per heavy atom. The van der Waals surface area contributed by atoms with Gasteiger partial charge in [-0.1, -0.05) is 23.3 Å². The molecule has 1 unspecified atom stereocenters. The van der Waals surface area contributed by atoms with Crippen LogP contribution in [0.15, 0.2) is 54.0 Å². The van der Waals surface area contributed by atoms with E-state index in [1.807, 2.05) is 0 Å². The van der Waals surface area contributed by atoms with Gasteiger partial charge >= 0.3 is 13.7 Å². The highest BCUT2D eigenvalue weighted by molar-refractivity contribution is 7.52. The first kappa shape index (κ1) is 29.3. The molecule has 16 heteroatoms. The maximum absolute atomic E-state index is 13.8. The average molecular weight is 575 g/mol. The number of azide groups is 1. The number of hydrogen-bond acceptors (Lipinski definition) is 11. The van der Waals surface area contributed by atoms with Gasteiger partial charge in [-0.15, -0.1) is 0 Å². The third-order valence-electron chi connectivity index (χ3n) is 6.24. The maximum atomic E-state index is 13.8. The quantitative estimate of drug-likeness (QED) is 0.0992. The summed E-state index contributed by atoms with van der Waals surface area (Å²) in [6.45, 7) is 5.88. The lowest BCUT2D eigenvalue weighted by Gasteiger charge is -2.28. The minimum Gasteiger partial charge on any atom is -0.462 e. The number of nitrogens with zero attached hydrogens (tertiary/aromatic N) is 6. The van der Waals surface area contributed by atoms with Crippen LogP contribution in [-0.2, 0) is 23.4 Å². The first-order valence-electron chi connectivity index (χ1n) is 12.4. The molecule has 1 fully saturated rings. The highest BCUT2D eigenvalue weighted by Crippen LogP contribution is 2.48. The molecule has 0 bridgehead atoms. The zero-order chi connectivity index (χ0) is 29.1. The number of carbonyl (C=O) groups is 1. The van der Waals surface area contributed by atoms with Crippen molar-refractivity contribution < 1.29 is 33.0 Å². The number of nitrogens with one attached hydrogen (secondary N) is 1. The Labute approximate surface area is 229 Å². The Morgan fingerprint density at radius 1 is 1.32 bits per heavy atom. The number of esters is 1. The Morgan fingerprint density at radius 2 is 2.05 bits per heavy atom. The van der Waals surface area contributed by atoms with Crippen molar-refractivity contribution in [1.29, 1.82) is 0 Å². The van der Waals surface area contributed by atoms with E-state index in [0.717, 1.165) is 0 Å². The van der Waals surface area contributed by atoms with Crippen LogP contribution in [0.1, 0.15) is 33.9 Å². The second-order valence-electron chi connectivity index (χ2n) is 9.64. The van der Waals surface area contributed by atoms with Gasteiger partial charge in [-0.05, 0) is 51.4 Å². The van der Waals surface area contributed by atoms with Gasteiger partial charge in [0.1, 0.15) is 47.5 Å². The zero-order valence-corrected chi connectivity index (χ0v) is 23.2. The van der Waals surface area contributed by atoms with E-state index in [2.05, 4.69) is 25.1 Å². The van der Waals surface area contributed by atoms with Crippen LogP contribution in [0.25, 0.3) is 21.5 Å². The number of carbonyl (C=O) groups excluding carboxylic acids is 1. The third-order valence-corrected chi connectivity index (χ3v) is 7.89. The largest absolute Gasteiger partial charge is 0.462 e. The Bertz CT molecular complexity index is 1450. The number of aliphatic hydroxyl groups excluding tert-OH is 1. The molecular formula is C24H31N8O7P. The molecule has 1 aromatic carbocycles. The van der Waals surface area contributed by atoms with Gasteiger partial charge < -0.3 is 29.4 Å². The summed E-state index contributed by atoms with van der Waals surface area (Å²) in [5.74, 6) is -0.212. The SMILES string of the molecule is CC(C)OC(=O)[C@H](C)NP(=O)(OC[C@H]1O[C@@H](n2ccc3c(N)ncnc32)[C@](C)(N=[N+]=[N-])[C@@H]1O)Oc1ccccc1. The van der Waals surface area contributed by atoms with E-state index >= 15 is 0 Å². The molecule has 1 aliphatic rings. The van der Waals surface area contributed by atoms with E-state index < -0.39 is 56.4 Å². The lowest BCUT2D eigenvalue weighted by molar-refractivity contribution is -0.149. The summed E-state index contributed by atoms with van der Waals surface area (Å²) in [6, 6.07) is 8.83. The molecule has 214 valence electrons. The molecule has 0 saturated carbocycles. The van der Waals surface area contributed by atoms with Crippen LogP contribution in [0.4, 0.5) is 5.82 Å². The smallest absolute Gasteiger partial charge is 0.459 e. The molecule has 1 aliphatic heterocycles. The predicted molar refractivity (Wildman–Crippen MR) is 144 cm³/mol. The Balaban J connectivity index is 1.60. The summed E-state index contributed by atoms with van der Waals surface area (Å²) >= 11 is 0. The summed E-state index contributed by atoms with van der Waals surface area (Å²) in [4.78, 5) is 23.5. The molecule has 4 rings (SSSR count). The lowest BCUT2D eigenvalue weighted by atomic mass is 9.93. The van der Waals surface area contributed by atoms with Crippen molar-refractivity contribution in [3.8, 4) is 5.75 Å². The number of nitrogen functional groups attached to an aromatic ring is 1. The topological polar surface area (TPSA) is 209 Å². The van der Waals surface area contributed by atoms with Crippen LogP contribution in [0.3, 0.4) is 0 Å². The standard InChI is InChI=1S/C24H31N8O7P/c1-14(2)37-22(34)15(3)29-40(35,39-16-8-6-5-7-9-16)36-12-18-19(33)24(4,30-31-26)23(38-18)32-11-10-17-20(25)27-13-28-21(17)32/h5-11,13-15,18-19,23,33H,12H2,1-4H3,(H,29,35)(H2,25,27,28)/t15-,18+,19+,23+,24+,40?/m0/s1. The van der Waals surface area contributed by atoms with Gasteiger partial charge in [-0.2, -0.15) is 5.09 Å². The van der Waals surface area contributed by atoms with E-state index in [-0.39, 0.29) is 11.6 Å². The van der Waals surface area contributed by atoms with Gasteiger partial charge in [0.15, 0.2) is 0 Å². The number of anilines is 1. The first-order valence-corrected chi connectivity index (χ1v) is 14.0. The van der Waals surface area contributed by atoms with E-state index in [0.29, 0.717) is 11.0 Å². The summed E-state index contributed by atoms with van der Waals surface area (Å²) in [5.41, 5.74) is 14.1. The molecule has 6 atom stereocenters. The van der Waals surface area contributed by atoms with E-state index in [1.54, 1.807) is 61.0 Å². The van der Waals surface area contributed by atoms with Gasteiger partial charge in [-0.25, -0.2) is 14.5 Å². The van der Waals surface area contributed by atoms with Crippen LogP contribution >= 0.6 is 7.75 Å². The summed E-state index contributed by atoms with van der Waals surface area (Å²) in [5, 5.41) is 18.2. The Kier molecular flexibility index (Phi) is 8.64. The molecule has 0 radical (unpaired) electrons. The fourth-order valence-electron chi connectivity index (χ4n) is 4.27. The van der Waals surface area contributed by atoms with Crippen LogP contribution in [0, 0.1) is 0 Å². The molecule has 3 heterocycles. The van der Waals surface area contributed by atoms with Crippen molar-refractivity contribution in [2.75, 3.05) is 12.3 Å². The molecule has 3 aromatic rings. The number of aromatic nitrogens is 3. The van der Waals surface area contributed by atoms with E-state index in [9.17, 15) is 20.0 Å². The third kappa shape index (κ3) is 6.04. The molecule has 1 saturated heterocycles. The number of ether oxygens (including phenoxy) is 2. The highest BCUT2D eigenvalue weighted by Gasteiger charge is 2.55. The highest BCUT2D eigenvalue weighted by atomic mass is 31.2. The number of benzene rings is 1. The lowest BCUT2D eigenvalue weighted by Crippen LogP contribution is -2.43. The van der Waals surface area contributed by atoms with E-state index in [1.165, 1.54) is 20.2 Å². The maximum Gasteiger partial charge on any atom is 0.459 e. The minimum atomic E-state index is -4.25. The fraction of sp³-hybridized carbons (Fsp3) is 0.458. The van der Waals surface area contributed by atoms with Crippen molar-refractivity contribution in [1.82, 2.24) is 19.6 Å². The van der Waals surface area contributed by atoms with Crippen molar-refractivity contribution in [3.05, 3.63) is 59.4 Å². The van der Waals surface area contributed by atoms with Gasteiger partial charge in [0.25, 0.3) is 0 Å². The van der Waals surface area contributed by atoms with Gasteiger partial charge in [-0.3, -0.25) is 9.32 Å². The molecule has 2 aromatic heterocycles. The van der Waals surface area contributed by atoms with Gasteiger partial charge in [0.2, 0.25) is 0 Å². The number of hydrogen-bond donors (Lipinski definition) is 3. The zero-order valence-electron chi connectivity index (χ0n) is 22.3. The van der Waals surface area contributed by atoms with Crippen molar-refractivity contribution in [3.63, 3.8) is 0 Å². The number of rotatable bonds is 11. The normalized spacial score (nSPS) is 24.8. The molecule has 4 N–H and O–H groups in total. The first-order chi connectivity index (χ1) is 19.0. The molecule has 15 nitrogen and oxygen atoms in total. The monoisotopic (exact) mass is 574 g/mol. The van der Waals surface area contributed by atoms with Crippen molar-refractivity contribution in [2.24, 2.45) is 5.11 Å².